The Morgan fingerprint density at radius 1 is 0.722 bits per heavy atom. The van der Waals surface area contributed by atoms with E-state index >= 15 is 0 Å². The highest BCUT2D eigenvalue weighted by Crippen LogP contribution is 2.37. The molecule has 0 aromatic heterocycles. The molecule has 2 aliphatic rings. The molecule has 2 atom stereocenters. The van der Waals surface area contributed by atoms with E-state index < -0.39 is 0 Å². The summed E-state index contributed by atoms with van der Waals surface area (Å²) in [4.78, 5) is 0. The summed E-state index contributed by atoms with van der Waals surface area (Å²) in [6.07, 6.45) is 17.5. The first-order chi connectivity index (χ1) is 8.67. The second kappa shape index (κ2) is 6.93. The molecule has 0 N–H and O–H groups in total. The maximum atomic E-state index is 6.38. The lowest BCUT2D eigenvalue weighted by Gasteiger charge is -2.41. The minimum atomic E-state index is 0.137. The smallest absolute Gasteiger partial charge is 0.0630 e. The Morgan fingerprint density at radius 2 is 1.28 bits per heavy atom. The van der Waals surface area contributed by atoms with Crippen LogP contribution in [0.5, 0.6) is 0 Å². The second-order valence-electron chi connectivity index (χ2n) is 7.12. The van der Waals surface area contributed by atoms with Gasteiger partial charge in [-0.05, 0) is 45.4 Å². The molecule has 2 rings (SSSR count). The third-order valence-electron chi connectivity index (χ3n) is 4.93. The van der Waals surface area contributed by atoms with E-state index in [2.05, 4.69) is 13.8 Å². The van der Waals surface area contributed by atoms with E-state index in [9.17, 15) is 0 Å². The zero-order valence-corrected chi connectivity index (χ0v) is 12.5. The molecule has 1 nitrogen and oxygen atoms in total. The highest BCUT2D eigenvalue weighted by Gasteiger charge is 2.34. The largest absolute Gasteiger partial charge is 0.372 e. The Balaban J connectivity index is 1.88. The zero-order valence-electron chi connectivity index (χ0n) is 12.5. The summed E-state index contributed by atoms with van der Waals surface area (Å²) in [5.74, 6) is 0.859. The number of hydrogen-bond donors (Lipinski definition) is 0. The van der Waals surface area contributed by atoms with E-state index in [1.807, 2.05) is 0 Å². The Labute approximate surface area is 114 Å². The fraction of sp³-hybridized carbons (Fsp3) is 1.00. The van der Waals surface area contributed by atoms with Crippen LogP contribution in [0, 0.1) is 5.92 Å². The molecule has 18 heavy (non-hydrogen) atoms. The Kier molecular flexibility index (Phi) is 5.54. The molecule has 0 aromatic rings. The third-order valence-corrected chi connectivity index (χ3v) is 4.93. The van der Waals surface area contributed by atoms with E-state index in [0.29, 0.717) is 6.10 Å². The van der Waals surface area contributed by atoms with Gasteiger partial charge < -0.3 is 4.74 Å². The van der Waals surface area contributed by atoms with Crippen molar-refractivity contribution in [2.75, 3.05) is 0 Å². The molecular formula is C17H32O. The Hall–Kier alpha value is -0.0400. The minimum Gasteiger partial charge on any atom is -0.372 e. The minimum absolute atomic E-state index is 0.137. The van der Waals surface area contributed by atoms with Crippen molar-refractivity contribution in [3.8, 4) is 0 Å². The number of fused-ring (bicyclic) bond motifs is 1. The monoisotopic (exact) mass is 252 g/mol. The maximum Gasteiger partial charge on any atom is 0.0630 e. The zero-order chi connectivity index (χ0) is 12.8. The van der Waals surface area contributed by atoms with Gasteiger partial charge in [0.05, 0.1) is 11.7 Å². The average Bonchev–Trinajstić information content (AvgIpc) is 2.30. The topological polar surface area (TPSA) is 9.23 Å². The van der Waals surface area contributed by atoms with Crippen LogP contribution in [-0.4, -0.2) is 11.7 Å². The molecule has 0 radical (unpaired) electrons. The lowest BCUT2D eigenvalue weighted by molar-refractivity contribution is -0.139. The van der Waals surface area contributed by atoms with Crippen LogP contribution in [0.4, 0.5) is 0 Å². The van der Waals surface area contributed by atoms with Crippen molar-refractivity contribution < 1.29 is 4.74 Å². The van der Waals surface area contributed by atoms with E-state index in [-0.39, 0.29) is 5.60 Å². The lowest BCUT2D eigenvalue weighted by Crippen LogP contribution is -2.41. The number of rotatable bonds is 0. The van der Waals surface area contributed by atoms with E-state index in [1.165, 1.54) is 77.0 Å². The van der Waals surface area contributed by atoms with Gasteiger partial charge in [-0.1, -0.05) is 51.4 Å². The lowest BCUT2D eigenvalue weighted by atomic mass is 9.81. The number of ether oxygens (including phenoxy) is 1. The van der Waals surface area contributed by atoms with Crippen molar-refractivity contribution in [3.63, 3.8) is 0 Å². The predicted molar refractivity (Wildman–Crippen MR) is 77.8 cm³/mol. The van der Waals surface area contributed by atoms with Gasteiger partial charge in [0.1, 0.15) is 0 Å². The summed E-state index contributed by atoms with van der Waals surface area (Å²) in [6.45, 7) is 4.55. The van der Waals surface area contributed by atoms with Gasteiger partial charge in [0.25, 0.3) is 0 Å². The van der Waals surface area contributed by atoms with Crippen LogP contribution in [-0.2, 0) is 4.74 Å². The van der Waals surface area contributed by atoms with Gasteiger partial charge in [0, 0.05) is 0 Å². The first-order valence-corrected chi connectivity index (χ1v) is 8.35. The molecule has 2 unspecified atom stereocenters. The van der Waals surface area contributed by atoms with Crippen molar-refractivity contribution in [1.82, 2.24) is 0 Å². The third kappa shape index (κ3) is 4.57. The van der Waals surface area contributed by atoms with Crippen molar-refractivity contribution in [1.29, 1.82) is 0 Å². The van der Waals surface area contributed by atoms with Crippen LogP contribution in [0.3, 0.4) is 0 Å². The molecule has 1 saturated heterocycles. The quantitative estimate of drug-likeness (QED) is 0.555. The van der Waals surface area contributed by atoms with Crippen molar-refractivity contribution in [2.24, 2.45) is 5.92 Å². The SMILES string of the molecule is CC1(C)CCC2CCCCCCCCCCC2O1. The van der Waals surface area contributed by atoms with Crippen molar-refractivity contribution in [2.45, 2.75) is 103 Å². The summed E-state index contributed by atoms with van der Waals surface area (Å²) in [5.41, 5.74) is 0.137. The fourth-order valence-corrected chi connectivity index (χ4v) is 3.72. The molecule has 1 heterocycles. The summed E-state index contributed by atoms with van der Waals surface area (Å²) in [5, 5.41) is 0. The average molecular weight is 252 g/mol. The maximum absolute atomic E-state index is 6.38. The fourth-order valence-electron chi connectivity index (χ4n) is 3.72. The molecule has 0 amide bonds. The van der Waals surface area contributed by atoms with Gasteiger partial charge in [0.2, 0.25) is 0 Å². The first-order valence-electron chi connectivity index (χ1n) is 8.35. The Bertz CT molecular complexity index is 234. The van der Waals surface area contributed by atoms with Crippen LogP contribution < -0.4 is 0 Å². The summed E-state index contributed by atoms with van der Waals surface area (Å²) < 4.78 is 6.38. The predicted octanol–water partition coefficient (Wildman–Crippen LogP) is 5.47. The molecule has 2 fully saturated rings. The molecular weight excluding hydrogens is 220 g/mol. The molecule has 0 aromatic carbocycles. The second-order valence-corrected chi connectivity index (χ2v) is 7.12. The van der Waals surface area contributed by atoms with Crippen molar-refractivity contribution in [3.05, 3.63) is 0 Å². The van der Waals surface area contributed by atoms with Crippen LogP contribution in [0.1, 0.15) is 90.9 Å². The summed E-state index contributed by atoms with van der Waals surface area (Å²) >= 11 is 0. The molecule has 1 saturated carbocycles. The number of hydrogen-bond acceptors (Lipinski definition) is 1. The Morgan fingerprint density at radius 3 is 1.94 bits per heavy atom. The molecule has 1 heteroatoms. The van der Waals surface area contributed by atoms with Gasteiger partial charge in [-0.3, -0.25) is 0 Å². The summed E-state index contributed by atoms with van der Waals surface area (Å²) in [6, 6.07) is 0. The van der Waals surface area contributed by atoms with Gasteiger partial charge in [0.15, 0.2) is 0 Å². The van der Waals surface area contributed by atoms with E-state index in [4.69, 9.17) is 4.74 Å². The van der Waals surface area contributed by atoms with Gasteiger partial charge in [-0.25, -0.2) is 0 Å². The molecule has 0 bridgehead atoms. The van der Waals surface area contributed by atoms with Crippen LogP contribution >= 0.6 is 0 Å². The van der Waals surface area contributed by atoms with Gasteiger partial charge in [-0.15, -0.1) is 0 Å². The van der Waals surface area contributed by atoms with E-state index in [0.717, 1.165) is 5.92 Å². The first kappa shape index (κ1) is 14.4. The molecule has 1 aliphatic heterocycles. The van der Waals surface area contributed by atoms with Crippen LogP contribution in [0.15, 0.2) is 0 Å². The standard InChI is InChI=1S/C17H32O/c1-17(2)14-13-15-11-9-7-5-3-4-6-8-10-12-16(15)18-17/h15-16H,3-14H2,1-2H3. The molecule has 106 valence electrons. The molecule has 0 spiro atoms. The normalized spacial score (nSPS) is 35.0. The van der Waals surface area contributed by atoms with Gasteiger partial charge >= 0.3 is 0 Å². The highest BCUT2D eigenvalue weighted by atomic mass is 16.5. The van der Waals surface area contributed by atoms with Crippen molar-refractivity contribution >= 4 is 0 Å². The summed E-state index contributed by atoms with van der Waals surface area (Å²) in [7, 11) is 0. The van der Waals surface area contributed by atoms with E-state index in [1.54, 1.807) is 0 Å². The van der Waals surface area contributed by atoms with Crippen LogP contribution in [0.25, 0.3) is 0 Å². The highest BCUT2D eigenvalue weighted by molar-refractivity contribution is 4.84. The van der Waals surface area contributed by atoms with Gasteiger partial charge in [-0.2, -0.15) is 0 Å². The molecule has 1 aliphatic carbocycles. The van der Waals surface area contributed by atoms with Crippen LogP contribution in [0.2, 0.25) is 0 Å².